The average molecular weight is 566 g/mol. The number of nitrogens with zero attached hydrogens (tertiary/aromatic N) is 4. The maximum atomic E-state index is 12.9. The summed E-state index contributed by atoms with van der Waals surface area (Å²) in [5.41, 5.74) is 2.47. The van der Waals surface area contributed by atoms with E-state index < -0.39 is 8.07 Å². The van der Waals surface area contributed by atoms with E-state index in [1.165, 1.54) is 6.42 Å². The zero-order valence-electron chi connectivity index (χ0n) is 24.7. The molecule has 0 saturated heterocycles. The van der Waals surface area contributed by atoms with Crippen molar-refractivity contribution < 1.29 is 19.0 Å². The Balaban J connectivity index is 1.47. The van der Waals surface area contributed by atoms with Gasteiger partial charge in [0.25, 0.3) is 0 Å². The van der Waals surface area contributed by atoms with Crippen LogP contribution in [0.5, 0.6) is 11.6 Å². The lowest BCUT2D eigenvalue weighted by Gasteiger charge is -2.27. The fourth-order valence-corrected chi connectivity index (χ4v) is 5.88. The molecule has 2 saturated carbocycles. The van der Waals surface area contributed by atoms with Gasteiger partial charge in [0, 0.05) is 50.5 Å². The number of ether oxygens (including phenoxy) is 3. The van der Waals surface area contributed by atoms with Crippen molar-refractivity contribution in [2.45, 2.75) is 64.2 Å². The third-order valence-electron chi connectivity index (χ3n) is 7.75. The van der Waals surface area contributed by atoms with E-state index in [0.717, 1.165) is 59.8 Å². The van der Waals surface area contributed by atoms with E-state index in [-0.39, 0.29) is 17.9 Å². The van der Waals surface area contributed by atoms with Crippen LogP contribution in [0.1, 0.15) is 25.7 Å². The minimum Gasteiger partial charge on any atom is -0.490 e. The number of rotatable bonds is 13. The number of pyridine rings is 2. The minimum atomic E-state index is -1.22. The number of hydrogen-bond donors (Lipinski definition) is 1. The van der Waals surface area contributed by atoms with Gasteiger partial charge in [-0.1, -0.05) is 19.6 Å². The van der Waals surface area contributed by atoms with Crippen LogP contribution in [0, 0.1) is 11.8 Å². The van der Waals surface area contributed by atoms with Crippen molar-refractivity contribution in [1.29, 1.82) is 0 Å². The number of carbonyl (C=O) groups excluding carboxylic acids is 1. The minimum absolute atomic E-state index is 0.0357. The first-order valence-corrected chi connectivity index (χ1v) is 18.1. The fraction of sp³-hybridized carbons (Fsp3) is 0.567. The molecular formula is C30H43N5O4Si. The van der Waals surface area contributed by atoms with Crippen LogP contribution in [0.25, 0.3) is 22.2 Å². The smallest absolute Gasteiger partial charge is 0.228 e. The monoisotopic (exact) mass is 565 g/mol. The molecule has 3 aromatic rings. The lowest BCUT2D eigenvalue weighted by molar-refractivity contribution is -0.117. The number of amides is 1. The zero-order chi connectivity index (χ0) is 28.4. The molecule has 3 aromatic heterocycles. The van der Waals surface area contributed by atoms with E-state index in [1.807, 2.05) is 43.1 Å². The molecule has 5 rings (SSSR count). The standard InChI is InChI=1S/C30H43N5O4Si/c1-34(2)17-20-16-23(20)29(36)33-26-11-10-22-24(18-35(28(22)32-26)19-38-14-15-40(4,5)6)27-25(39-21-8-7-9-21)12-13-31-30(27)37-3/h10-13,18,20-21,23H,7-9,14-17,19H2,1-6H3,(H,32,33,36)/t20-,23+/m0/s1. The number of aromatic nitrogens is 3. The van der Waals surface area contributed by atoms with Crippen molar-refractivity contribution in [2.24, 2.45) is 11.8 Å². The third kappa shape index (κ3) is 6.67. The van der Waals surface area contributed by atoms with Crippen LogP contribution in [-0.4, -0.2) is 73.9 Å². The maximum Gasteiger partial charge on any atom is 0.228 e. The van der Waals surface area contributed by atoms with Gasteiger partial charge in [0.15, 0.2) is 0 Å². The first-order chi connectivity index (χ1) is 19.1. The highest BCUT2D eigenvalue weighted by Gasteiger charge is 2.43. The van der Waals surface area contributed by atoms with Gasteiger partial charge < -0.3 is 29.0 Å². The number of fused-ring (bicyclic) bond motifs is 1. The second kappa shape index (κ2) is 11.9. The topological polar surface area (TPSA) is 90.7 Å². The molecule has 2 aliphatic carbocycles. The first-order valence-electron chi connectivity index (χ1n) is 14.4. The van der Waals surface area contributed by atoms with E-state index in [4.69, 9.17) is 19.2 Å². The van der Waals surface area contributed by atoms with Gasteiger partial charge in [-0.25, -0.2) is 9.97 Å². The van der Waals surface area contributed by atoms with Gasteiger partial charge in [-0.3, -0.25) is 4.79 Å². The maximum absolute atomic E-state index is 12.9. The lowest BCUT2D eigenvalue weighted by Crippen LogP contribution is -2.24. The van der Waals surface area contributed by atoms with E-state index in [0.29, 0.717) is 31.0 Å². The molecule has 10 heteroatoms. The number of nitrogens with one attached hydrogen (secondary N) is 1. The molecule has 0 aliphatic heterocycles. The van der Waals surface area contributed by atoms with E-state index in [9.17, 15) is 4.79 Å². The van der Waals surface area contributed by atoms with Crippen LogP contribution >= 0.6 is 0 Å². The summed E-state index contributed by atoms with van der Waals surface area (Å²) in [6.45, 7) is 9.01. The summed E-state index contributed by atoms with van der Waals surface area (Å²) < 4.78 is 20.2. The summed E-state index contributed by atoms with van der Waals surface area (Å²) in [4.78, 5) is 24.5. The average Bonchev–Trinajstić information content (AvgIpc) is 3.55. The van der Waals surface area contributed by atoms with E-state index >= 15 is 0 Å². The highest BCUT2D eigenvalue weighted by Crippen LogP contribution is 2.43. The Kier molecular flexibility index (Phi) is 8.49. The Bertz CT molecular complexity index is 1350. The number of anilines is 1. The molecule has 0 bridgehead atoms. The van der Waals surface area contributed by atoms with Crippen molar-refractivity contribution in [3.05, 3.63) is 30.6 Å². The van der Waals surface area contributed by atoms with Gasteiger partial charge in [-0.15, -0.1) is 0 Å². The Morgan fingerprint density at radius 1 is 1.20 bits per heavy atom. The van der Waals surface area contributed by atoms with Crippen molar-refractivity contribution in [3.8, 4) is 22.8 Å². The SMILES string of the molecule is COc1nccc(OC2CCC2)c1-c1cn(COCC[Si](C)(C)C)c2nc(NC(=O)[C@@H]3C[C@H]3CN(C)C)ccc12. The second-order valence-corrected chi connectivity index (χ2v) is 18.3. The van der Waals surface area contributed by atoms with Crippen molar-refractivity contribution >= 4 is 30.8 Å². The number of methoxy groups -OCH3 is 1. The third-order valence-corrected chi connectivity index (χ3v) is 9.45. The molecule has 0 unspecified atom stereocenters. The Hall–Kier alpha value is -2.95. The quantitative estimate of drug-likeness (QED) is 0.217. The number of hydrogen-bond acceptors (Lipinski definition) is 7. The van der Waals surface area contributed by atoms with Crippen LogP contribution in [0.4, 0.5) is 5.82 Å². The molecule has 2 fully saturated rings. The van der Waals surface area contributed by atoms with Crippen LogP contribution in [0.3, 0.4) is 0 Å². The van der Waals surface area contributed by atoms with Crippen molar-refractivity contribution in [3.63, 3.8) is 0 Å². The van der Waals surface area contributed by atoms with Gasteiger partial charge >= 0.3 is 0 Å². The molecule has 2 atom stereocenters. The molecular weight excluding hydrogens is 522 g/mol. The Morgan fingerprint density at radius 3 is 2.67 bits per heavy atom. The van der Waals surface area contributed by atoms with Crippen LogP contribution in [-0.2, 0) is 16.3 Å². The van der Waals surface area contributed by atoms with Crippen LogP contribution < -0.4 is 14.8 Å². The molecule has 0 aromatic carbocycles. The summed E-state index contributed by atoms with van der Waals surface area (Å²) in [7, 11) is 4.49. The van der Waals surface area contributed by atoms with Gasteiger partial charge in [0.05, 0.1) is 18.8 Å². The lowest BCUT2D eigenvalue weighted by atomic mass is 9.96. The fourth-order valence-electron chi connectivity index (χ4n) is 5.13. The largest absolute Gasteiger partial charge is 0.490 e. The molecule has 40 heavy (non-hydrogen) atoms. The second-order valence-electron chi connectivity index (χ2n) is 12.6. The summed E-state index contributed by atoms with van der Waals surface area (Å²) in [6.07, 6.45) is 8.19. The molecule has 1 N–H and O–H groups in total. The molecule has 9 nitrogen and oxygen atoms in total. The predicted molar refractivity (Wildman–Crippen MR) is 161 cm³/mol. The number of carbonyl (C=O) groups is 1. The van der Waals surface area contributed by atoms with Crippen LogP contribution in [0.2, 0.25) is 25.7 Å². The summed E-state index contributed by atoms with van der Waals surface area (Å²) in [5.74, 6) is 2.29. The Labute approximate surface area is 238 Å². The normalized spacial score (nSPS) is 19.1. The summed E-state index contributed by atoms with van der Waals surface area (Å²) in [6, 6.07) is 6.87. The Morgan fingerprint density at radius 2 is 2.00 bits per heavy atom. The highest BCUT2D eigenvalue weighted by molar-refractivity contribution is 6.76. The summed E-state index contributed by atoms with van der Waals surface area (Å²) >= 11 is 0. The van der Waals surface area contributed by atoms with Crippen molar-refractivity contribution in [1.82, 2.24) is 19.4 Å². The molecule has 0 radical (unpaired) electrons. The molecule has 2 aliphatic rings. The van der Waals surface area contributed by atoms with Gasteiger partial charge in [0.1, 0.15) is 23.9 Å². The van der Waals surface area contributed by atoms with Gasteiger partial charge in [-0.05, 0) is 69.9 Å². The first kappa shape index (κ1) is 28.6. The molecule has 3 heterocycles. The molecule has 0 spiro atoms. The van der Waals surface area contributed by atoms with Crippen molar-refractivity contribution in [2.75, 3.05) is 39.7 Å². The van der Waals surface area contributed by atoms with Gasteiger partial charge in [0.2, 0.25) is 11.8 Å². The van der Waals surface area contributed by atoms with Crippen LogP contribution in [0.15, 0.2) is 30.6 Å². The molecule has 1 amide bonds. The van der Waals surface area contributed by atoms with Gasteiger partial charge in [-0.2, -0.15) is 0 Å². The molecule has 216 valence electrons. The van der Waals surface area contributed by atoms with E-state index in [1.54, 1.807) is 13.3 Å². The highest BCUT2D eigenvalue weighted by atomic mass is 28.3. The summed E-state index contributed by atoms with van der Waals surface area (Å²) in [5, 5.41) is 3.98. The van der Waals surface area contributed by atoms with E-state index in [2.05, 4.69) is 34.8 Å². The zero-order valence-corrected chi connectivity index (χ0v) is 25.7. The predicted octanol–water partition coefficient (Wildman–Crippen LogP) is 5.49.